The summed E-state index contributed by atoms with van der Waals surface area (Å²) in [4.78, 5) is 1.60. The van der Waals surface area contributed by atoms with Gasteiger partial charge in [-0.15, -0.1) is 0 Å². The fourth-order valence-corrected chi connectivity index (χ4v) is 0.939. The predicted octanol–water partition coefficient (Wildman–Crippen LogP) is 1.66. The predicted molar refractivity (Wildman–Crippen MR) is 39.1 cm³/mol. The van der Waals surface area contributed by atoms with Crippen molar-refractivity contribution in [3.05, 3.63) is 11.9 Å². The van der Waals surface area contributed by atoms with Crippen LogP contribution >= 0.6 is 0 Å². The van der Waals surface area contributed by atoms with Crippen molar-refractivity contribution in [2.24, 2.45) is 0 Å². The minimum atomic E-state index is -4.25. The van der Waals surface area contributed by atoms with E-state index in [1.165, 1.54) is 0 Å². The lowest BCUT2D eigenvalue weighted by Gasteiger charge is -2.18. The fourth-order valence-electron chi connectivity index (χ4n) is 0.939. The van der Waals surface area contributed by atoms with Crippen LogP contribution in [0.15, 0.2) is 11.9 Å². The second-order valence-corrected chi connectivity index (χ2v) is 2.98. The van der Waals surface area contributed by atoms with Gasteiger partial charge in [0.15, 0.2) is 0 Å². The first-order chi connectivity index (χ1) is 5.41. The number of rotatable bonds is 1. The van der Waals surface area contributed by atoms with Crippen molar-refractivity contribution in [3.63, 3.8) is 0 Å². The zero-order valence-electron chi connectivity index (χ0n) is 6.94. The first kappa shape index (κ1) is 9.22. The molecule has 0 aromatic rings. The maximum absolute atomic E-state index is 12.0. The summed E-state index contributed by atoms with van der Waals surface area (Å²) in [6, 6.07) is 0.0948. The number of nitrogens with zero attached hydrogens (tertiary/aromatic N) is 1. The molecule has 1 aliphatic heterocycles. The summed E-state index contributed by atoms with van der Waals surface area (Å²) >= 11 is 0. The summed E-state index contributed by atoms with van der Waals surface area (Å²) in [6.07, 6.45) is -3.13. The summed E-state index contributed by atoms with van der Waals surface area (Å²) in [7, 11) is 0. The highest BCUT2D eigenvalue weighted by Gasteiger charge is 2.37. The molecule has 0 radical (unpaired) electrons. The Morgan fingerprint density at radius 1 is 1.50 bits per heavy atom. The minimum Gasteiger partial charge on any atom is -0.363 e. The highest BCUT2D eigenvalue weighted by molar-refractivity contribution is 5.10. The second kappa shape index (κ2) is 2.88. The highest BCUT2D eigenvalue weighted by atomic mass is 19.4. The molecule has 0 amide bonds. The van der Waals surface area contributed by atoms with E-state index in [9.17, 15) is 13.2 Å². The third-order valence-electron chi connectivity index (χ3n) is 1.72. The standard InChI is InChI=1S/C7H11F3N2/c1-5(2)12-3-6(11-4-12)7(8,9)10/h3,5,11H,4H2,1-2H3. The van der Waals surface area contributed by atoms with Gasteiger partial charge in [-0.2, -0.15) is 13.2 Å². The van der Waals surface area contributed by atoms with E-state index in [2.05, 4.69) is 5.32 Å². The molecule has 0 fully saturated rings. The minimum absolute atomic E-state index is 0.0948. The molecule has 0 unspecified atom stereocenters. The van der Waals surface area contributed by atoms with Gasteiger partial charge in [0.1, 0.15) is 5.70 Å². The number of hydrogen-bond acceptors (Lipinski definition) is 2. The van der Waals surface area contributed by atoms with Gasteiger partial charge in [-0.25, -0.2) is 0 Å². The molecule has 1 N–H and O–H groups in total. The van der Waals surface area contributed by atoms with Gasteiger partial charge in [0, 0.05) is 12.2 Å². The van der Waals surface area contributed by atoms with Crippen molar-refractivity contribution < 1.29 is 13.2 Å². The number of allylic oxidation sites excluding steroid dienone is 1. The topological polar surface area (TPSA) is 15.3 Å². The Morgan fingerprint density at radius 2 is 2.08 bits per heavy atom. The van der Waals surface area contributed by atoms with Gasteiger partial charge in [0.2, 0.25) is 0 Å². The summed E-state index contributed by atoms with van der Waals surface area (Å²) in [5, 5.41) is 2.29. The number of hydrogen-bond donors (Lipinski definition) is 1. The molecule has 1 rings (SSSR count). The van der Waals surface area contributed by atoms with Crippen molar-refractivity contribution in [1.29, 1.82) is 0 Å². The SMILES string of the molecule is CC(C)N1C=C(C(F)(F)F)NC1. The van der Waals surface area contributed by atoms with Crippen LogP contribution in [0, 0.1) is 0 Å². The van der Waals surface area contributed by atoms with Crippen LogP contribution in [0.2, 0.25) is 0 Å². The Kier molecular flexibility index (Phi) is 2.21. The van der Waals surface area contributed by atoms with Gasteiger partial charge in [-0.1, -0.05) is 0 Å². The molecule has 0 spiro atoms. The Hall–Kier alpha value is -0.870. The Balaban J connectivity index is 2.66. The van der Waals surface area contributed by atoms with Crippen LogP contribution < -0.4 is 5.32 Å². The number of alkyl halides is 3. The summed E-state index contributed by atoms with van der Waals surface area (Å²) < 4.78 is 36.1. The second-order valence-electron chi connectivity index (χ2n) is 2.98. The van der Waals surface area contributed by atoms with Crippen LogP contribution in [0.4, 0.5) is 13.2 Å². The third kappa shape index (κ3) is 1.84. The Labute approximate surface area is 69.0 Å². The van der Waals surface area contributed by atoms with E-state index in [1.807, 2.05) is 13.8 Å². The smallest absolute Gasteiger partial charge is 0.363 e. The first-order valence-electron chi connectivity index (χ1n) is 3.70. The zero-order chi connectivity index (χ0) is 9.35. The molecule has 12 heavy (non-hydrogen) atoms. The van der Waals surface area contributed by atoms with E-state index in [1.54, 1.807) is 4.90 Å². The van der Waals surface area contributed by atoms with Crippen molar-refractivity contribution in [2.45, 2.75) is 26.1 Å². The van der Waals surface area contributed by atoms with E-state index in [0.29, 0.717) is 0 Å². The average Bonchev–Trinajstić information content (AvgIpc) is 2.30. The lowest BCUT2D eigenvalue weighted by atomic mass is 10.3. The normalized spacial score (nSPS) is 18.2. The fraction of sp³-hybridized carbons (Fsp3) is 0.714. The monoisotopic (exact) mass is 180 g/mol. The third-order valence-corrected chi connectivity index (χ3v) is 1.72. The molecule has 0 aromatic carbocycles. The average molecular weight is 180 g/mol. The molecular formula is C7H11F3N2. The van der Waals surface area contributed by atoms with Crippen LogP contribution in [0.5, 0.6) is 0 Å². The maximum atomic E-state index is 12.0. The first-order valence-corrected chi connectivity index (χ1v) is 3.70. The van der Waals surface area contributed by atoms with Crippen LogP contribution in [0.25, 0.3) is 0 Å². The van der Waals surface area contributed by atoms with E-state index >= 15 is 0 Å². The largest absolute Gasteiger partial charge is 0.432 e. The van der Waals surface area contributed by atoms with E-state index < -0.39 is 11.9 Å². The van der Waals surface area contributed by atoms with Gasteiger partial charge in [0.25, 0.3) is 0 Å². The molecule has 2 nitrogen and oxygen atoms in total. The molecule has 70 valence electrons. The van der Waals surface area contributed by atoms with Crippen LogP contribution in [-0.4, -0.2) is 23.8 Å². The Morgan fingerprint density at radius 3 is 2.33 bits per heavy atom. The summed E-state index contributed by atoms with van der Waals surface area (Å²) in [6.45, 7) is 3.93. The maximum Gasteiger partial charge on any atom is 0.432 e. The van der Waals surface area contributed by atoms with Crippen LogP contribution in [-0.2, 0) is 0 Å². The molecule has 1 aliphatic rings. The van der Waals surface area contributed by atoms with E-state index in [0.717, 1.165) is 6.20 Å². The van der Waals surface area contributed by atoms with E-state index in [4.69, 9.17) is 0 Å². The highest BCUT2D eigenvalue weighted by Crippen LogP contribution is 2.26. The van der Waals surface area contributed by atoms with Gasteiger partial charge >= 0.3 is 6.18 Å². The molecule has 0 atom stereocenters. The lowest BCUT2D eigenvalue weighted by Crippen LogP contribution is -2.29. The van der Waals surface area contributed by atoms with Crippen molar-refractivity contribution in [3.8, 4) is 0 Å². The molecular weight excluding hydrogens is 169 g/mol. The van der Waals surface area contributed by atoms with Gasteiger partial charge in [-0.05, 0) is 13.8 Å². The van der Waals surface area contributed by atoms with Gasteiger partial charge in [-0.3, -0.25) is 0 Å². The molecule has 0 saturated carbocycles. The quantitative estimate of drug-likeness (QED) is 0.660. The number of halogens is 3. The van der Waals surface area contributed by atoms with Crippen LogP contribution in [0.3, 0.4) is 0 Å². The summed E-state index contributed by atoms with van der Waals surface area (Å²) in [5.74, 6) is 0. The molecule has 5 heteroatoms. The molecule has 0 bridgehead atoms. The summed E-state index contributed by atoms with van der Waals surface area (Å²) in [5.41, 5.74) is -0.656. The zero-order valence-corrected chi connectivity index (χ0v) is 6.94. The Bertz CT molecular complexity index is 195. The van der Waals surface area contributed by atoms with Crippen molar-refractivity contribution >= 4 is 0 Å². The molecule has 0 aromatic heterocycles. The van der Waals surface area contributed by atoms with Crippen molar-refractivity contribution in [2.75, 3.05) is 6.67 Å². The molecule has 1 heterocycles. The molecule has 0 saturated heterocycles. The van der Waals surface area contributed by atoms with E-state index in [-0.39, 0.29) is 12.7 Å². The lowest BCUT2D eigenvalue weighted by molar-refractivity contribution is -0.0955. The number of nitrogens with one attached hydrogen (secondary N) is 1. The van der Waals surface area contributed by atoms with Crippen LogP contribution in [0.1, 0.15) is 13.8 Å². The van der Waals surface area contributed by atoms with Crippen molar-refractivity contribution in [1.82, 2.24) is 10.2 Å². The molecule has 0 aliphatic carbocycles. The van der Waals surface area contributed by atoms with Gasteiger partial charge in [0.05, 0.1) is 6.67 Å². The van der Waals surface area contributed by atoms with Gasteiger partial charge < -0.3 is 10.2 Å².